The molecule has 1 aliphatic heterocycles. The Hall–Kier alpha value is -4.04. The molecule has 5 aromatic rings. The second kappa shape index (κ2) is 9.31. The summed E-state index contributed by atoms with van der Waals surface area (Å²) in [5.74, 6) is 2.92. The molecule has 0 amide bonds. The van der Waals surface area contributed by atoms with Gasteiger partial charge in [-0.05, 0) is 24.3 Å². The van der Waals surface area contributed by atoms with Crippen LogP contribution in [0.5, 0.6) is 11.5 Å². The van der Waals surface area contributed by atoms with E-state index in [0.717, 1.165) is 45.0 Å². The maximum atomic E-state index is 6.13. The first-order valence-corrected chi connectivity index (χ1v) is 12.3. The van der Waals surface area contributed by atoms with E-state index in [0.29, 0.717) is 12.4 Å². The van der Waals surface area contributed by atoms with Crippen LogP contribution in [-0.4, -0.2) is 31.2 Å². The van der Waals surface area contributed by atoms with E-state index < -0.39 is 0 Å². The van der Waals surface area contributed by atoms with Gasteiger partial charge in [0.2, 0.25) is 0 Å². The third-order valence-corrected chi connectivity index (χ3v) is 6.95. The number of aromatic nitrogens is 5. The van der Waals surface area contributed by atoms with Gasteiger partial charge in [-0.15, -0.1) is 10.2 Å². The third-order valence-electron chi connectivity index (χ3n) is 5.88. The Balaban J connectivity index is 1.25. The van der Waals surface area contributed by atoms with Crippen LogP contribution < -0.4 is 9.47 Å². The second-order valence-corrected chi connectivity index (χ2v) is 9.14. The van der Waals surface area contributed by atoms with Crippen molar-refractivity contribution in [3.05, 3.63) is 103 Å². The second-order valence-electron chi connectivity index (χ2n) is 8.20. The standard InChI is InChI=1S/C27H23N5O2S/c1-31-26(24-17-33-22-14-8-9-15-23(22)34-24)28-29-27(31)35-18-20-16-32(21-12-6-3-7-13-21)30-25(20)19-10-4-2-5-11-19/h2-16,24H,17-18H2,1H3. The number of fused-ring (bicyclic) bond motifs is 1. The number of nitrogens with zero attached hydrogens (tertiary/aromatic N) is 5. The van der Waals surface area contributed by atoms with Crippen LogP contribution in [0.1, 0.15) is 17.5 Å². The molecule has 0 radical (unpaired) electrons. The summed E-state index contributed by atoms with van der Waals surface area (Å²) in [4.78, 5) is 0. The first-order valence-electron chi connectivity index (χ1n) is 11.4. The Labute approximate surface area is 207 Å². The summed E-state index contributed by atoms with van der Waals surface area (Å²) in [6, 6.07) is 28.1. The van der Waals surface area contributed by atoms with Crippen LogP contribution in [0.25, 0.3) is 16.9 Å². The van der Waals surface area contributed by atoms with E-state index in [1.54, 1.807) is 11.8 Å². The molecular weight excluding hydrogens is 458 g/mol. The SMILES string of the molecule is Cn1c(SCc2cn(-c3ccccc3)nc2-c2ccccc2)nnc1C1COc2ccccc2O1. The molecule has 174 valence electrons. The summed E-state index contributed by atoms with van der Waals surface area (Å²) in [5, 5.41) is 14.6. The molecule has 3 aromatic carbocycles. The van der Waals surface area contributed by atoms with Crippen LogP contribution in [0.3, 0.4) is 0 Å². The lowest BCUT2D eigenvalue weighted by molar-refractivity contribution is 0.0825. The van der Waals surface area contributed by atoms with Crippen molar-refractivity contribution in [3.8, 4) is 28.4 Å². The zero-order valence-corrected chi connectivity index (χ0v) is 19.9. The van der Waals surface area contributed by atoms with Crippen molar-refractivity contribution in [3.63, 3.8) is 0 Å². The predicted octanol–water partition coefficient (Wildman–Crippen LogP) is 5.47. The summed E-state index contributed by atoms with van der Waals surface area (Å²) in [6.07, 6.45) is 1.79. The molecule has 6 rings (SSSR count). The Morgan fingerprint density at radius 3 is 2.40 bits per heavy atom. The van der Waals surface area contributed by atoms with E-state index >= 15 is 0 Å². The van der Waals surface area contributed by atoms with Gasteiger partial charge >= 0.3 is 0 Å². The van der Waals surface area contributed by atoms with Gasteiger partial charge in [-0.2, -0.15) is 5.10 Å². The summed E-state index contributed by atoms with van der Waals surface area (Å²) >= 11 is 1.63. The van der Waals surface area contributed by atoms with Crippen LogP contribution >= 0.6 is 11.8 Å². The van der Waals surface area contributed by atoms with Gasteiger partial charge < -0.3 is 14.0 Å². The summed E-state index contributed by atoms with van der Waals surface area (Å²) in [7, 11) is 1.97. The maximum Gasteiger partial charge on any atom is 0.192 e. The summed E-state index contributed by atoms with van der Waals surface area (Å²) in [6.45, 7) is 0.398. The van der Waals surface area contributed by atoms with Crippen LogP contribution in [0.2, 0.25) is 0 Å². The third kappa shape index (κ3) is 4.28. The Bertz CT molecular complexity index is 1450. The van der Waals surface area contributed by atoms with Crippen molar-refractivity contribution in [1.82, 2.24) is 24.5 Å². The van der Waals surface area contributed by atoms with Gasteiger partial charge in [-0.25, -0.2) is 4.68 Å². The van der Waals surface area contributed by atoms with Crippen molar-refractivity contribution in [2.45, 2.75) is 17.0 Å². The lowest BCUT2D eigenvalue weighted by Crippen LogP contribution is -2.24. The molecule has 1 unspecified atom stereocenters. The number of ether oxygens (including phenoxy) is 2. The van der Waals surface area contributed by atoms with Gasteiger partial charge in [-0.3, -0.25) is 0 Å². The zero-order valence-electron chi connectivity index (χ0n) is 19.1. The molecule has 7 nitrogen and oxygen atoms in total. The van der Waals surface area contributed by atoms with Crippen LogP contribution in [0, 0.1) is 0 Å². The monoisotopic (exact) mass is 481 g/mol. The molecule has 2 aromatic heterocycles. The highest BCUT2D eigenvalue weighted by molar-refractivity contribution is 7.98. The molecule has 0 spiro atoms. The quantitative estimate of drug-likeness (QED) is 0.300. The lowest BCUT2D eigenvalue weighted by Gasteiger charge is -2.25. The molecule has 0 N–H and O–H groups in total. The highest BCUT2D eigenvalue weighted by Gasteiger charge is 2.27. The van der Waals surface area contributed by atoms with Gasteiger partial charge in [0.05, 0.1) is 11.4 Å². The van der Waals surface area contributed by atoms with Crippen molar-refractivity contribution >= 4 is 11.8 Å². The summed E-state index contributed by atoms with van der Waals surface area (Å²) in [5.41, 5.74) is 4.20. The van der Waals surface area contributed by atoms with Crippen LogP contribution in [-0.2, 0) is 12.8 Å². The molecule has 1 atom stereocenters. The fourth-order valence-electron chi connectivity index (χ4n) is 4.09. The molecule has 1 aliphatic rings. The zero-order chi connectivity index (χ0) is 23.6. The first-order chi connectivity index (χ1) is 17.3. The number of hydrogen-bond acceptors (Lipinski definition) is 6. The van der Waals surface area contributed by atoms with E-state index in [9.17, 15) is 0 Å². The van der Waals surface area contributed by atoms with E-state index in [4.69, 9.17) is 14.6 Å². The van der Waals surface area contributed by atoms with Crippen LogP contribution in [0.4, 0.5) is 0 Å². The Morgan fingerprint density at radius 1 is 0.886 bits per heavy atom. The van der Waals surface area contributed by atoms with Gasteiger partial charge in [0.25, 0.3) is 0 Å². The van der Waals surface area contributed by atoms with Gasteiger partial charge in [-0.1, -0.05) is 72.4 Å². The van der Waals surface area contributed by atoms with Gasteiger partial charge in [0.15, 0.2) is 28.6 Å². The van der Waals surface area contributed by atoms with E-state index in [2.05, 4.69) is 40.7 Å². The number of benzene rings is 3. The van der Waals surface area contributed by atoms with E-state index in [-0.39, 0.29) is 6.10 Å². The predicted molar refractivity (Wildman–Crippen MR) is 135 cm³/mol. The highest BCUT2D eigenvalue weighted by Crippen LogP contribution is 2.36. The molecule has 0 bridgehead atoms. The van der Waals surface area contributed by atoms with Gasteiger partial charge in [0.1, 0.15) is 6.61 Å². The number of para-hydroxylation sites is 3. The molecule has 0 aliphatic carbocycles. The number of hydrogen-bond donors (Lipinski definition) is 0. The molecule has 0 saturated heterocycles. The van der Waals surface area contributed by atoms with Gasteiger partial charge in [0, 0.05) is 30.1 Å². The Kier molecular flexibility index (Phi) is 5.71. The molecule has 0 fully saturated rings. The number of rotatable bonds is 6. The minimum Gasteiger partial charge on any atom is -0.485 e. The largest absolute Gasteiger partial charge is 0.485 e. The molecule has 0 saturated carbocycles. The van der Waals surface area contributed by atoms with Crippen molar-refractivity contribution < 1.29 is 9.47 Å². The molecular formula is C27H23N5O2S. The topological polar surface area (TPSA) is 67.0 Å². The fourth-order valence-corrected chi connectivity index (χ4v) is 4.97. The minimum absolute atomic E-state index is 0.308. The van der Waals surface area contributed by atoms with E-state index in [1.165, 1.54) is 0 Å². The van der Waals surface area contributed by atoms with E-state index in [1.807, 2.05) is 77.0 Å². The average molecular weight is 482 g/mol. The maximum absolute atomic E-state index is 6.13. The van der Waals surface area contributed by atoms with Crippen LogP contribution in [0.15, 0.2) is 96.3 Å². The lowest BCUT2D eigenvalue weighted by atomic mass is 10.1. The van der Waals surface area contributed by atoms with Crippen molar-refractivity contribution in [2.24, 2.45) is 7.05 Å². The normalized spacial score (nSPS) is 14.7. The molecule has 35 heavy (non-hydrogen) atoms. The summed E-state index contributed by atoms with van der Waals surface area (Å²) < 4.78 is 15.9. The van der Waals surface area contributed by atoms with Crippen molar-refractivity contribution in [1.29, 1.82) is 0 Å². The fraction of sp³-hybridized carbons (Fsp3) is 0.148. The number of thioether (sulfide) groups is 1. The first kappa shape index (κ1) is 21.5. The average Bonchev–Trinajstić information content (AvgIpc) is 3.51. The Morgan fingerprint density at radius 2 is 1.60 bits per heavy atom. The van der Waals surface area contributed by atoms with Crippen molar-refractivity contribution in [2.75, 3.05) is 6.61 Å². The highest BCUT2D eigenvalue weighted by atomic mass is 32.2. The molecule has 3 heterocycles. The minimum atomic E-state index is -0.308. The molecule has 8 heteroatoms. The smallest absolute Gasteiger partial charge is 0.192 e.